The lowest BCUT2D eigenvalue weighted by molar-refractivity contribution is -0.145. The number of carbonyl (C=O) groups is 2. The van der Waals surface area contributed by atoms with Crippen molar-refractivity contribution < 1.29 is 19.4 Å². The van der Waals surface area contributed by atoms with Crippen LogP contribution >= 0.6 is 0 Å². The van der Waals surface area contributed by atoms with E-state index in [9.17, 15) is 14.7 Å². The Balaban J connectivity index is 1.72. The maximum absolute atomic E-state index is 11.7. The highest BCUT2D eigenvalue weighted by atomic mass is 16.5. The summed E-state index contributed by atoms with van der Waals surface area (Å²) in [5.41, 5.74) is 0.933. The number of hydrogen-bond donors (Lipinski definition) is 1. The van der Waals surface area contributed by atoms with E-state index in [2.05, 4.69) is 0 Å². The molecular formula is C15H19NO4. The highest BCUT2D eigenvalue weighted by molar-refractivity contribution is 5.82. The van der Waals surface area contributed by atoms with Gasteiger partial charge in [0.1, 0.15) is 6.61 Å². The Labute approximate surface area is 118 Å². The van der Waals surface area contributed by atoms with Crippen LogP contribution in [-0.4, -0.2) is 41.1 Å². The minimum absolute atomic E-state index is 0.103. The smallest absolute Gasteiger partial charge is 0.307 e. The molecule has 1 saturated heterocycles. The van der Waals surface area contributed by atoms with E-state index in [1.165, 1.54) is 4.90 Å². The molecule has 0 aliphatic carbocycles. The molecule has 5 nitrogen and oxygen atoms in total. The first-order valence-electron chi connectivity index (χ1n) is 6.74. The molecule has 1 aromatic carbocycles. The van der Waals surface area contributed by atoms with E-state index in [0.29, 0.717) is 13.1 Å². The van der Waals surface area contributed by atoms with E-state index in [1.54, 1.807) is 6.92 Å². The number of ether oxygens (including phenoxy) is 1. The maximum atomic E-state index is 11.7. The summed E-state index contributed by atoms with van der Waals surface area (Å²) in [4.78, 5) is 24.9. The fraction of sp³-hybridized carbons (Fsp3) is 0.467. The molecule has 2 atom stereocenters. The number of aliphatic hydroxyl groups excluding tert-OH is 1. The van der Waals surface area contributed by atoms with Crippen molar-refractivity contribution in [2.24, 2.45) is 5.92 Å². The molecule has 1 N–H and O–H groups in total. The molecule has 108 valence electrons. The number of β-amino-alcohol motifs (C(OH)–C–C–N with tert-alkyl or cyclic N) is 1. The number of carbonyl (C=O) groups excluding carboxylic acids is 2. The van der Waals surface area contributed by atoms with Crippen LogP contribution in [0.3, 0.4) is 0 Å². The van der Waals surface area contributed by atoms with Crippen molar-refractivity contribution in [1.29, 1.82) is 0 Å². The number of esters is 1. The molecule has 0 radical (unpaired) electrons. The zero-order chi connectivity index (χ0) is 14.5. The van der Waals surface area contributed by atoms with Crippen molar-refractivity contribution in [2.75, 3.05) is 13.1 Å². The summed E-state index contributed by atoms with van der Waals surface area (Å²) in [7, 11) is 0. The molecule has 0 aromatic heterocycles. The predicted molar refractivity (Wildman–Crippen MR) is 72.6 cm³/mol. The zero-order valence-corrected chi connectivity index (χ0v) is 11.5. The van der Waals surface area contributed by atoms with Gasteiger partial charge in [-0.1, -0.05) is 37.3 Å². The number of aliphatic hydroxyl groups is 1. The number of rotatable bonds is 5. The van der Waals surface area contributed by atoms with Crippen LogP contribution in [0.25, 0.3) is 0 Å². The number of amides is 1. The van der Waals surface area contributed by atoms with E-state index < -0.39 is 6.10 Å². The van der Waals surface area contributed by atoms with Crippen molar-refractivity contribution >= 4 is 11.9 Å². The molecular weight excluding hydrogens is 258 g/mol. The molecule has 0 saturated carbocycles. The van der Waals surface area contributed by atoms with Crippen LogP contribution in [0, 0.1) is 5.92 Å². The molecule has 1 fully saturated rings. The Morgan fingerprint density at radius 3 is 2.70 bits per heavy atom. The summed E-state index contributed by atoms with van der Waals surface area (Å²) in [6.07, 6.45) is -0.485. The summed E-state index contributed by atoms with van der Waals surface area (Å²) in [6.45, 7) is 2.53. The van der Waals surface area contributed by atoms with E-state index >= 15 is 0 Å². The lowest BCUT2D eigenvalue weighted by Gasteiger charge is -2.15. The van der Waals surface area contributed by atoms with Crippen molar-refractivity contribution in [2.45, 2.75) is 26.1 Å². The average Bonchev–Trinajstić information content (AvgIpc) is 2.71. The minimum atomic E-state index is -0.636. The first-order valence-corrected chi connectivity index (χ1v) is 6.74. The summed E-state index contributed by atoms with van der Waals surface area (Å²) in [6, 6.07) is 9.44. The normalized spacial score (nSPS) is 22.1. The van der Waals surface area contributed by atoms with Crippen LogP contribution in [0.15, 0.2) is 30.3 Å². The highest BCUT2D eigenvalue weighted by Crippen LogP contribution is 2.18. The first kappa shape index (κ1) is 14.5. The van der Waals surface area contributed by atoms with Crippen LogP contribution in [0.2, 0.25) is 0 Å². The van der Waals surface area contributed by atoms with Gasteiger partial charge in [0, 0.05) is 13.1 Å². The van der Waals surface area contributed by atoms with Crippen molar-refractivity contribution in [3.8, 4) is 0 Å². The van der Waals surface area contributed by atoms with Crippen LogP contribution in [0.4, 0.5) is 0 Å². The minimum Gasteiger partial charge on any atom is -0.461 e. The quantitative estimate of drug-likeness (QED) is 0.814. The summed E-state index contributed by atoms with van der Waals surface area (Å²) in [5.74, 6) is -0.820. The average molecular weight is 277 g/mol. The van der Waals surface area contributed by atoms with E-state index in [0.717, 1.165) is 5.56 Å². The molecule has 0 unspecified atom stereocenters. The zero-order valence-electron chi connectivity index (χ0n) is 11.5. The van der Waals surface area contributed by atoms with Gasteiger partial charge in [0.15, 0.2) is 0 Å². The molecule has 2 rings (SSSR count). The van der Waals surface area contributed by atoms with Gasteiger partial charge in [-0.15, -0.1) is 0 Å². The van der Waals surface area contributed by atoms with Crippen molar-refractivity contribution in [3.05, 3.63) is 35.9 Å². The Kier molecular flexibility index (Phi) is 4.74. The highest BCUT2D eigenvalue weighted by Gasteiger charge is 2.35. The third-order valence-electron chi connectivity index (χ3n) is 3.51. The van der Waals surface area contributed by atoms with Gasteiger partial charge in [0.25, 0.3) is 0 Å². The topological polar surface area (TPSA) is 66.8 Å². The maximum Gasteiger partial charge on any atom is 0.307 e. The second-order valence-electron chi connectivity index (χ2n) is 5.04. The number of benzene rings is 1. The Morgan fingerprint density at radius 2 is 2.10 bits per heavy atom. The summed E-state index contributed by atoms with van der Waals surface area (Å²) < 4.78 is 5.14. The molecule has 0 spiro atoms. The SMILES string of the molecule is C[C@@H]1C(=O)N(CCC(=O)OCc2ccccc2)C[C@@H]1O. The van der Waals surface area contributed by atoms with Gasteiger partial charge in [-0.25, -0.2) is 0 Å². The summed E-state index contributed by atoms with van der Waals surface area (Å²) in [5, 5.41) is 9.58. The van der Waals surface area contributed by atoms with Crippen LogP contribution in [0.5, 0.6) is 0 Å². The van der Waals surface area contributed by atoms with Crippen molar-refractivity contribution in [1.82, 2.24) is 4.90 Å². The fourth-order valence-electron chi connectivity index (χ4n) is 2.16. The van der Waals surface area contributed by atoms with Crippen LogP contribution < -0.4 is 0 Å². The second-order valence-corrected chi connectivity index (χ2v) is 5.04. The van der Waals surface area contributed by atoms with Gasteiger partial charge in [0.05, 0.1) is 18.4 Å². The third-order valence-corrected chi connectivity index (χ3v) is 3.51. The Morgan fingerprint density at radius 1 is 1.40 bits per heavy atom. The molecule has 1 aromatic rings. The monoisotopic (exact) mass is 277 g/mol. The van der Waals surface area contributed by atoms with Gasteiger partial charge < -0.3 is 14.7 Å². The van der Waals surface area contributed by atoms with Crippen LogP contribution in [-0.2, 0) is 20.9 Å². The predicted octanol–water partition coefficient (Wildman–Crippen LogP) is 0.959. The number of nitrogens with zero attached hydrogens (tertiary/aromatic N) is 1. The molecule has 0 bridgehead atoms. The molecule has 5 heteroatoms. The lowest BCUT2D eigenvalue weighted by atomic mass is 10.1. The second kappa shape index (κ2) is 6.52. The Hall–Kier alpha value is -1.88. The lowest BCUT2D eigenvalue weighted by Crippen LogP contribution is -2.29. The molecule has 1 aliphatic heterocycles. The van der Waals surface area contributed by atoms with Gasteiger partial charge in [-0.3, -0.25) is 9.59 Å². The molecule has 1 aliphatic rings. The first-order chi connectivity index (χ1) is 9.58. The van der Waals surface area contributed by atoms with E-state index in [1.807, 2.05) is 30.3 Å². The van der Waals surface area contributed by atoms with Crippen LogP contribution in [0.1, 0.15) is 18.9 Å². The molecule has 1 amide bonds. The van der Waals surface area contributed by atoms with Gasteiger partial charge in [0.2, 0.25) is 5.91 Å². The number of likely N-dealkylation sites (tertiary alicyclic amines) is 1. The largest absolute Gasteiger partial charge is 0.461 e. The van der Waals surface area contributed by atoms with Gasteiger partial charge in [-0.05, 0) is 5.56 Å². The molecule has 20 heavy (non-hydrogen) atoms. The number of hydrogen-bond acceptors (Lipinski definition) is 4. The molecule has 1 heterocycles. The van der Waals surface area contributed by atoms with E-state index in [-0.39, 0.29) is 30.8 Å². The third kappa shape index (κ3) is 3.57. The summed E-state index contributed by atoms with van der Waals surface area (Å²) >= 11 is 0. The fourth-order valence-corrected chi connectivity index (χ4v) is 2.16. The standard InChI is InChI=1S/C15H19NO4/c1-11-13(17)9-16(15(11)19)8-7-14(18)20-10-12-5-3-2-4-6-12/h2-6,11,13,17H,7-10H2,1H3/t11-,13-/m0/s1. The Bertz CT molecular complexity index is 474. The van der Waals surface area contributed by atoms with Gasteiger partial charge in [-0.2, -0.15) is 0 Å². The van der Waals surface area contributed by atoms with Gasteiger partial charge >= 0.3 is 5.97 Å². The van der Waals surface area contributed by atoms with E-state index in [4.69, 9.17) is 4.74 Å². The van der Waals surface area contributed by atoms with Crippen molar-refractivity contribution in [3.63, 3.8) is 0 Å².